The van der Waals surface area contributed by atoms with Gasteiger partial charge in [0.1, 0.15) is 5.60 Å². The number of amides is 1. The Morgan fingerprint density at radius 1 is 1.41 bits per heavy atom. The maximum Gasteiger partial charge on any atom is 0.410 e. The second-order valence-electron chi connectivity index (χ2n) is 5.59. The van der Waals surface area contributed by atoms with Crippen LogP contribution in [0.3, 0.4) is 0 Å². The van der Waals surface area contributed by atoms with E-state index >= 15 is 0 Å². The van der Waals surface area contributed by atoms with Crippen molar-refractivity contribution in [1.82, 2.24) is 4.90 Å². The molecule has 1 aliphatic rings. The van der Waals surface area contributed by atoms with Crippen LogP contribution in [0, 0.1) is 5.92 Å². The zero-order chi connectivity index (χ0) is 13.2. The maximum absolute atomic E-state index is 11.9. The van der Waals surface area contributed by atoms with Gasteiger partial charge in [-0.25, -0.2) is 4.79 Å². The number of halogens is 1. The van der Waals surface area contributed by atoms with Crippen molar-refractivity contribution in [2.75, 3.05) is 12.4 Å². The third-order valence-electron chi connectivity index (χ3n) is 2.64. The normalized spacial score (nSPS) is 24.9. The minimum Gasteiger partial charge on any atom is -0.444 e. The van der Waals surface area contributed by atoms with Gasteiger partial charge in [-0.05, 0) is 33.1 Å². The highest BCUT2D eigenvalue weighted by molar-refractivity contribution is 6.28. The van der Waals surface area contributed by atoms with Gasteiger partial charge in [-0.15, -0.1) is 11.6 Å². The molecule has 1 heterocycles. The van der Waals surface area contributed by atoms with E-state index in [0.29, 0.717) is 18.9 Å². The predicted molar refractivity (Wildman–Crippen MR) is 66.2 cm³/mol. The van der Waals surface area contributed by atoms with Gasteiger partial charge >= 0.3 is 6.09 Å². The third kappa shape index (κ3) is 3.87. The molecule has 0 aromatic heterocycles. The van der Waals surface area contributed by atoms with E-state index in [9.17, 15) is 9.59 Å². The molecule has 5 heteroatoms. The van der Waals surface area contributed by atoms with Crippen molar-refractivity contribution in [3.8, 4) is 0 Å². The Kier molecular flexibility index (Phi) is 4.42. The molecule has 1 amide bonds. The molecule has 0 N–H and O–H groups in total. The van der Waals surface area contributed by atoms with Crippen LogP contribution in [0.4, 0.5) is 4.79 Å². The second-order valence-corrected chi connectivity index (χ2v) is 5.86. The van der Waals surface area contributed by atoms with Crippen molar-refractivity contribution < 1.29 is 14.3 Å². The van der Waals surface area contributed by atoms with Gasteiger partial charge in [0.25, 0.3) is 0 Å². The molecular weight excluding hydrogens is 242 g/mol. The van der Waals surface area contributed by atoms with Crippen molar-refractivity contribution >= 4 is 23.5 Å². The van der Waals surface area contributed by atoms with Crippen LogP contribution in [0.5, 0.6) is 0 Å². The summed E-state index contributed by atoms with van der Waals surface area (Å²) in [6.07, 6.45) is 0.246. The van der Waals surface area contributed by atoms with Gasteiger partial charge in [-0.1, -0.05) is 6.92 Å². The monoisotopic (exact) mass is 261 g/mol. The van der Waals surface area contributed by atoms with Crippen LogP contribution in [-0.4, -0.2) is 40.8 Å². The molecule has 1 fully saturated rings. The lowest BCUT2D eigenvalue weighted by Gasteiger charge is -2.27. The Morgan fingerprint density at radius 2 is 2.00 bits per heavy atom. The molecule has 0 bridgehead atoms. The molecule has 98 valence electrons. The summed E-state index contributed by atoms with van der Waals surface area (Å²) < 4.78 is 5.29. The number of Topliss-reactive ketones (excluding diaryl/α,β-unsaturated/α-hetero) is 1. The molecule has 1 aliphatic heterocycles. The fraction of sp³-hybridized carbons (Fsp3) is 0.833. The maximum atomic E-state index is 11.9. The number of carbonyl (C=O) groups is 2. The average Bonchev–Trinajstić information content (AvgIpc) is 2.56. The molecule has 1 saturated heterocycles. The fourth-order valence-electron chi connectivity index (χ4n) is 1.96. The molecule has 0 aromatic carbocycles. The summed E-state index contributed by atoms with van der Waals surface area (Å²) in [7, 11) is 0. The lowest BCUT2D eigenvalue weighted by Crippen LogP contribution is -2.43. The highest BCUT2D eigenvalue weighted by Crippen LogP contribution is 2.25. The van der Waals surface area contributed by atoms with Gasteiger partial charge in [0.2, 0.25) is 0 Å². The molecular formula is C12H20ClNO3. The van der Waals surface area contributed by atoms with Crippen molar-refractivity contribution in [1.29, 1.82) is 0 Å². The van der Waals surface area contributed by atoms with E-state index in [1.807, 2.05) is 27.7 Å². The predicted octanol–water partition coefficient (Wildman–Crippen LogP) is 2.44. The molecule has 2 atom stereocenters. The minimum atomic E-state index is -0.544. The Labute approximate surface area is 107 Å². The zero-order valence-electron chi connectivity index (χ0n) is 10.8. The molecule has 0 spiro atoms. The van der Waals surface area contributed by atoms with E-state index in [1.165, 1.54) is 4.90 Å². The van der Waals surface area contributed by atoms with Crippen molar-refractivity contribution in [2.24, 2.45) is 5.92 Å². The summed E-state index contributed by atoms with van der Waals surface area (Å²) in [5, 5.41) is 0. The first-order valence-corrected chi connectivity index (χ1v) is 6.36. The topological polar surface area (TPSA) is 46.6 Å². The first-order chi connectivity index (χ1) is 7.74. The van der Waals surface area contributed by atoms with Crippen LogP contribution in [0.2, 0.25) is 0 Å². The smallest absolute Gasteiger partial charge is 0.410 e. The van der Waals surface area contributed by atoms with E-state index in [4.69, 9.17) is 16.3 Å². The van der Waals surface area contributed by atoms with Crippen LogP contribution in [0.15, 0.2) is 0 Å². The number of ether oxygens (including phenoxy) is 1. The number of carbonyl (C=O) groups excluding carboxylic acids is 2. The lowest BCUT2D eigenvalue weighted by molar-refractivity contribution is -0.120. The second kappa shape index (κ2) is 5.25. The van der Waals surface area contributed by atoms with E-state index in [2.05, 4.69) is 0 Å². The average molecular weight is 262 g/mol. The van der Waals surface area contributed by atoms with Gasteiger partial charge < -0.3 is 4.74 Å². The number of rotatable bonds is 2. The van der Waals surface area contributed by atoms with Gasteiger partial charge in [-0.2, -0.15) is 0 Å². The summed E-state index contributed by atoms with van der Waals surface area (Å²) in [6.45, 7) is 8.00. The molecule has 0 saturated carbocycles. The van der Waals surface area contributed by atoms with Crippen molar-refractivity contribution in [2.45, 2.75) is 45.8 Å². The SMILES string of the molecule is C[C@@H]1C[C@H](C(=O)CCl)N(C(=O)OC(C)(C)C)C1. The molecule has 0 radical (unpaired) electrons. The van der Waals surface area contributed by atoms with Crippen LogP contribution < -0.4 is 0 Å². The van der Waals surface area contributed by atoms with Gasteiger partial charge in [0, 0.05) is 6.54 Å². The first-order valence-electron chi connectivity index (χ1n) is 5.83. The molecule has 17 heavy (non-hydrogen) atoms. The lowest BCUT2D eigenvalue weighted by atomic mass is 10.1. The van der Waals surface area contributed by atoms with E-state index in [1.54, 1.807) is 0 Å². The Bertz CT molecular complexity index is 311. The Balaban J connectivity index is 2.73. The number of nitrogens with zero attached hydrogens (tertiary/aromatic N) is 1. The van der Waals surface area contributed by atoms with Gasteiger partial charge in [-0.3, -0.25) is 9.69 Å². The number of hydrogen-bond donors (Lipinski definition) is 0. The zero-order valence-corrected chi connectivity index (χ0v) is 11.6. The summed E-state index contributed by atoms with van der Waals surface area (Å²) in [6, 6.07) is -0.419. The molecule has 1 rings (SSSR count). The van der Waals surface area contributed by atoms with Gasteiger partial charge in [0.15, 0.2) is 5.78 Å². The first kappa shape index (κ1) is 14.3. The highest BCUT2D eigenvalue weighted by Gasteiger charge is 2.39. The summed E-state index contributed by atoms with van der Waals surface area (Å²) in [5.74, 6) is 0.137. The summed E-state index contributed by atoms with van der Waals surface area (Å²) in [4.78, 5) is 25.1. The van der Waals surface area contributed by atoms with Gasteiger partial charge in [0.05, 0.1) is 11.9 Å². The van der Waals surface area contributed by atoms with Crippen LogP contribution >= 0.6 is 11.6 Å². The summed E-state index contributed by atoms with van der Waals surface area (Å²) >= 11 is 5.55. The van der Waals surface area contributed by atoms with Crippen LogP contribution in [0.1, 0.15) is 34.1 Å². The fourth-order valence-corrected chi connectivity index (χ4v) is 2.14. The quantitative estimate of drug-likeness (QED) is 0.718. The van der Waals surface area contributed by atoms with Crippen molar-refractivity contribution in [3.05, 3.63) is 0 Å². The number of alkyl halides is 1. The largest absolute Gasteiger partial charge is 0.444 e. The Morgan fingerprint density at radius 3 is 2.47 bits per heavy atom. The molecule has 0 aromatic rings. The number of ketones is 1. The number of likely N-dealkylation sites (tertiary alicyclic amines) is 1. The Hall–Kier alpha value is -0.770. The van der Waals surface area contributed by atoms with Crippen molar-refractivity contribution in [3.63, 3.8) is 0 Å². The van der Waals surface area contributed by atoms with E-state index < -0.39 is 17.7 Å². The number of hydrogen-bond acceptors (Lipinski definition) is 3. The van der Waals surface area contributed by atoms with Crippen LogP contribution in [-0.2, 0) is 9.53 Å². The van der Waals surface area contributed by atoms with E-state index in [0.717, 1.165) is 0 Å². The standard InChI is InChI=1S/C12H20ClNO3/c1-8-5-9(10(15)6-13)14(7-8)11(16)17-12(2,3)4/h8-9H,5-7H2,1-4H3/t8-,9-/m1/s1. The minimum absolute atomic E-state index is 0.0588. The summed E-state index contributed by atoms with van der Waals surface area (Å²) in [5.41, 5.74) is -0.544. The highest BCUT2D eigenvalue weighted by atomic mass is 35.5. The van der Waals surface area contributed by atoms with Crippen LogP contribution in [0.25, 0.3) is 0 Å². The van der Waals surface area contributed by atoms with E-state index in [-0.39, 0.29) is 11.7 Å². The molecule has 4 nitrogen and oxygen atoms in total. The molecule has 0 unspecified atom stereocenters. The molecule has 0 aliphatic carbocycles. The third-order valence-corrected chi connectivity index (χ3v) is 2.91.